The largest absolute Gasteiger partial charge is 0.384 e. The zero-order valence-corrected chi connectivity index (χ0v) is 14.6. The van der Waals surface area contributed by atoms with E-state index in [2.05, 4.69) is 42.0 Å². The summed E-state index contributed by atoms with van der Waals surface area (Å²) in [7, 11) is 1.64. The Morgan fingerprint density at radius 2 is 2.00 bits per heavy atom. The second-order valence-electron chi connectivity index (χ2n) is 5.77. The molecule has 0 aliphatic heterocycles. The Kier molecular flexibility index (Phi) is 4.33. The molecule has 2 aromatic heterocycles. The van der Waals surface area contributed by atoms with Crippen LogP contribution in [0.3, 0.4) is 0 Å². The number of fused-ring (bicyclic) bond motifs is 1. The minimum Gasteiger partial charge on any atom is -0.384 e. The zero-order valence-electron chi connectivity index (χ0n) is 13.8. The van der Waals surface area contributed by atoms with E-state index in [-0.39, 0.29) is 5.56 Å². The van der Waals surface area contributed by atoms with Crippen LogP contribution in [0.1, 0.15) is 21.8 Å². The van der Waals surface area contributed by atoms with E-state index in [0.717, 1.165) is 20.8 Å². The molecule has 3 rings (SSSR count). The van der Waals surface area contributed by atoms with Crippen LogP contribution in [-0.2, 0) is 11.2 Å². The van der Waals surface area contributed by atoms with Gasteiger partial charge < -0.3 is 9.72 Å². The van der Waals surface area contributed by atoms with E-state index in [9.17, 15) is 4.79 Å². The van der Waals surface area contributed by atoms with Gasteiger partial charge in [-0.15, -0.1) is 11.3 Å². The SMILES string of the molecule is COCCc1nc2sc(C)c(-c3ccc(C)c(C)c3)c2c(=O)[nH]1. The van der Waals surface area contributed by atoms with Crippen LogP contribution >= 0.6 is 11.3 Å². The van der Waals surface area contributed by atoms with Gasteiger partial charge in [-0.3, -0.25) is 4.79 Å². The Labute approximate surface area is 139 Å². The van der Waals surface area contributed by atoms with E-state index in [1.807, 2.05) is 6.92 Å². The molecule has 0 atom stereocenters. The first-order valence-electron chi connectivity index (χ1n) is 7.60. The van der Waals surface area contributed by atoms with E-state index in [1.165, 1.54) is 11.1 Å². The van der Waals surface area contributed by atoms with Crippen LogP contribution in [0.25, 0.3) is 21.3 Å². The maximum absolute atomic E-state index is 12.6. The second-order valence-corrected chi connectivity index (χ2v) is 6.97. The van der Waals surface area contributed by atoms with Crippen LogP contribution in [0.4, 0.5) is 0 Å². The summed E-state index contributed by atoms with van der Waals surface area (Å²) in [5.41, 5.74) is 4.48. The maximum atomic E-state index is 12.6. The summed E-state index contributed by atoms with van der Waals surface area (Å²) < 4.78 is 5.06. The van der Waals surface area contributed by atoms with Gasteiger partial charge in [0.05, 0.1) is 12.0 Å². The third kappa shape index (κ3) is 2.94. The van der Waals surface area contributed by atoms with Crippen molar-refractivity contribution in [3.05, 3.63) is 50.4 Å². The summed E-state index contributed by atoms with van der Waals surface area (Å²) in [5, 5.41) is 0.692. The van der Waals surface area contributed by atoms with Gasteiger partial charge in [-0.25, -0.2) is 4.98 Å². The molecule has 0 saturated carbocycles. The number of nitrogens with zero attached hydrogens (tertiary/aromatic N) is 1. The zero-order chi connectivity index (χ0) is 16.6. The van der Waals surface area contributed by atoms with E-state index in [4.69, 9.17) is 4.74 Å². The lowest BCUT2D eigenvalue weighted by molar-refractivity contribution is 0.200. The highest BCUT2D eigenvalue weighted by Gasteiger charge is 2.16. The molecule has 0 amide bonds. The smallest absolute Gasteiger partial charge is 0.260 e. The van der Waals surface area contributed by atoms with Crippen molar-refractivity contribution >= 4 is 21.6 Å². The van der Waals surface area contributed by atoms with Crippen molar-refractivity contribution in [3.8, 4) is 11.1 Å². The van der Waals surface area contributed by atoms with Gasteiger partial charge in [0.25, 0.3) is 5.56 Å². The average Bonchev–Trinajstić information content (AvgIpc) is 2.84. The number of hydrogen-bond donors (Lipinski definition) is 1. The van der Waals surface area contributed by atoms with Crippen molar-refractivity contribution < 1.29 is 4.74 Å². The Balaban J connectivity index is 2.20. The molecule has 0 fully saturated rings. The minimum atomic E-state index is -0.0707. The number of aryl methyl sites for hydroxylation is 3. The standard InChI is InChI=1S/C18H20N2O2S/c1-10-5-6-13(9-11(10)2)15-12(3)23-18-16(15)17(21)19-14(20-18)7-8-22-4/h5-6,9H,7-8H2,1-4H3,(H,19,20,21). The fourth-order valence-corrected chi connectivity index (χ4v) is 3.79. The highest BCUT2D eigenvalue weighted by molar-refractivity contribution is 7.19. The van der Waals surface area contributed by atoms with Gasteiger partial charge in [0.15, 0.2) is 0 Å². The van der Waals surface area contributed by atoms with Crippen LogP contribution in [-0.4, -0.2) is 23.7 Å². The number of thiophene rings is 1. The van der Waals surface area contributed by atoms with Gasteiger partial charge in [-0.1, -0.05) is 18.2 Å². The quantitative estimate of drug-likeness (QED) is 0.793. The first-order valence-corrected chi connectivity index (χ1v) is 8.41. The Bertz CT molecular complexity index is 925. The number of hydrogen-bond acceptors (Lipinski definition) is 4. The number of aromatic amines is 1. The molecule has 4 nitrogen and oxygen atoms in total. The van der Waals surface area contributed by atoms with Gasteiger partial charge in [0.1, 0.15) is 10.7 Å². The lowest BCUT2D eigenvalue weighted by Gasteiger charge is -2.06. The van der Waals surface area contributed by atoms with Gasteiger partial charge in [-0.2, -0.15) is 0 Å². The van der Waals surface area contributed by atoms with Crippen LogP contribution in [0.5, 0.6) is 0 Å². The highest BCUT2D eigenvalue weighted by atomic mass is 32.1. The van der Waals surface area contributed by atoms with Crippen molar-refractivity contribution in [1.82, 2.24) is 9.97 Å². The second kappa shape index (κ2) is 6.26. The van der Waals surface area contributed by atoms with Crippen LogP contribution in [0.15, 0.2) is 23.0 Å². The molecular formula is C18H20N2O2S. The van der Waals surface area contributed by atoms with Crippen LogP contribution in [0, 0.1) is 20.8 Å². The third-order valence-electron chi connectivity index (χ3n) is 4.13. The summed E-state index contributed by atoms with van der Waals surface area (Å²) >= 11 is 1.57. The van der Waals surface area contributed by atoms with Crippen LogP contribution in [0.2, 0.25) is 0 Å². The molecule has 2 heterocycles. The molecule has 0 radical (unpaired) electrons. The molecule has 1 N–H and O–H groups in total. The normalized spacial score (nSPS) is 11.3. The Hall–Kier alpha value is -1.98. The highest BCUT2D eigenvalue weighted by Crippen LogP contribution is 2.36. The van der Waals surface area contributed by atoms with E-state index in [1.54, 1.807) is 18.4 Å². The number of benzene rings is 1. The van der Waals surface area contributed by atoms with Crippen molar-refractivity contribution in [2.24, 2.45) is 0 Å². The summed E-state index contributed by atoms with van der Waals surface area (Å²) in [4.78, 5) is 22.0. The molecule has 0 saturated heterocycles. The van der Waals surface area contributed by atoms with Crippen molar-refractivity contribution in [2.45, 2.75) is 27.2 Å². The molecule has 5 heteroatoms. The number of aromatic nitrogens is 2. The summed E-state index contributed by atoms with van der Waals surface area (Å²) in [5.74, 6) is 0.678. The number of nitrogens with one attached hydrogen (secondary N) is 1. The van der Waals surface area contributed by atoms with Crippen molar-refractivity contribution in [2.75, 3.05) is 13.7 Å². The molecule has 120 valence electrons. The minimum absolute atomic E-state index is 0.0707. The molecule has 0 unspecified atom stereocenters. The van der Waals surface area contributed by atoms with E-state index < -0.39 is 0 Å². The molecule has 3 aromatic rings. The van der Waals surface area contributed by atoms with Crippen LogP contribution < -0.4 is 5.56 Å². The summed E-state index contributed by atoms with van der Waals surface area (Å²) in [6, 6.07) is 6.32. The number of H-pyrrole nitrogens is 1. The fourth-order valence-electron chi connectivity index (χ4n) is 2.73. The topological polar surface area (TPSA) is 55.0 Å². The molecule has 0 aliphatic rings. The predicted octanol–water partition coefficient (Wildman–Crippen LogP) is 3.77. The molecule has 0 spiro atoms. The summed E-state index contributed by atoms with van der Waals surface area (Å²) in [6.07, 6.45) is 0.609. The molecular weight excluding hydrogens is 308 g/mol. The average molecular weight is 328 g/mol. The molecule has 1 aromatic carbocycles. The number of rotatable bonds is 4. The monoisotopic (exact) mass is 328 g/mol. The number of ether oxygens (including phenoxy) is 1. The Morgan fingerprint density at radius 1 is 1.22 bits per heavy atom. The third-order valence-corrected chi connectivity index (χ3v) is 5.12. The molecule has 0 bridgehead atoms. The first-order chi connectivity index (χ1) is 11.0. The predicted molar refractivity (Wildman–Crippen MR) is 95.5 cm³/mol. The van der Waals surface area contributed by atoms with Gasteiger partial charge >= 0.3 is 0 Å². The first kappa shape index (κ1) is 15.9. The molecule has 0 aliphatic carbocycles. The van der Waals surface area contributed by atoms with Gasteiger partial charge in [0.2, 0.25) is 0 Å². The summed E-state index contributed by atoms with van der Waals surface area (Å²) in [6.45, 7) is 6.77. The van der Waals surface area contributed by atoms with Crippen molar-refractivity contribution in [3.63, 3.8) is 0 Å². The lowest BCUT2D eigenvalue weighted by atomic mass is 9.99. The van der Waals surface area contributed by atoms with Gasteiger partial charge in [-0.05, 0) is 37.5 Å². The van der Waals surface area contributed by atoms with Gasteiger partial charge in [0, 0.05) is 24.0 Å². The van der Waals surface area contributed by atoms with Crippen molar-refractivity contribution in [1.29, 1.82) is 0 Å². The fraction of sp³-hybridized carbons (Fsp3) is 0.333. The maximum Gasteiger partial charge on any atom is 0.260 e. The number of methoxy groups -OCH3 is 1. The van der Waals surface area contributed by atoms with E-state index in [0.29, 0.717) is 24.2 Å². The Morgan fingerprint density at radius 3 is 2.70 bits per heavy atom. The van der Waals surface area contributed by atoms with E-state index >= 15 is 0 Å². The lowest BCUT2D eigenvalue weighted by Crippen LogP contribution is -2.12. The molecule has 23 heavy (non-hydrogen) atoms.